The van der Waals surface area contributed by atoms with Crippen LogP contribution in [0.3, 0.4) is 0 Å². The molecule has 0 aliphatic carbocycles. The summed E-state index contributed by atoms with van der Waals surface area (Å²) in [6.45, 7) is 0.533. The number of alkyl halides is 3. The average molecular weight is 534 g/mol. The molecule has 4 rings (SSSR count). The van der Waals surface area contributed by atoms with Gasteiger partial charge in [0.05, 0.1) is 18.7 Å². The van der Waals surface area contributed by atoms with Gasteiger partial charge in [-0.05, 0) is 66.2 Å². The summed E-state index contributed by atoms with van der Waals surface area (Å²) in [5.41, 5.74) is 1.64. The molecule has 4 aromatic rings. The van der Waals surface area contributed by atoms with Crippen LogP contribution in [0.25, 0.3) is 0 Å². The second kappa shape index (κ2) is 12.6. The van der Waals surface area contributed by atoms with E-state index in [9.17, 15) is 22.8 Å². The van der Waals surface area contributed by atoms with Crippen molar-refractivity contribution < 1.29 is 27.5 Å². The highest BCUT2D eigenvalue weighted by atomic mass is 19.4. The summed E-state index contributed by atoms with van der Waals surface area (Å²) in [7, 11) is 0. The Morgan fingerprint density at radius 2 is 1.41 bits per heavy atom. The number of carbonyl (C=O) groups is 2. The first kappa shape index (κ1) is 27.3. The van der Waals surface area contributed by atoms with Crippen LogP contribution < -0.4 is 20.7 Å². The number of nitrogens with one attached hydrogen (secondary N) is 3. The number of rotatable bonds is 10. The molecule has 9 heteroatoms. The zero-order valence-electron chi connectivity index (χ0n) is 20.8. The maximum absolute atomic E-state index is 12.9. The first-order chi connectivity index (χ1) is 18.8. The highest BCUT2D eigenvalue weighted by Crippen LogP contribution is 2.30. The number of hydrogen-bond acceptors (Lipinski definition) is 4. The molecule has 0 aliphatic rings. The Kier molecular flexibility index (Phi) is 8.83. The molecule has 0 aliphatic heterocycles. The number of halogens is 3. The second-order valence-electron chi connectivity index (χ2n) is 8.62. The minimum atomic E-state index is -4.52. The monoisotopic (exact) mass is 533 g/mol. The van der Waals surface area contributed by atoms with Crippen LogP contribution in [0.15, 0.2) is 103 Å². The lowest BCUT2D eigenvalue weighted by molar-refractivity contribution is -0.137. The molecule has 0 spiro atoms. The van der Waals surface area contributed by atoms with E-state index in [1.54, 1.807) is 12.1 Å². The molecule has 0 bridgehead atoms. The Labute approximate surface area is 223 Å². The van der Waals surface area contributed by atoms with Gasteiger partial charge < -0.3 is 20.7 Å². The first-order valence-electron chi connectivity index (χ1n) is 12.2. The minimum absolute atomic E-state index is 0.0149. The Balaban J connectivity index is 1.25. The van der Waals surface area contributed by atoms with E-state index in [0.29, 0.717) is 12.3 Å². The van der Waals surface area contributed by atoms with Gasteiger partial charge in [0.2, 0.25) is 5.91 Å². The van der Waals surface area contributed by atoms with Gasteiger partial charge >= 0.3 is 6.18 Å². The van der Waals surface area contributed by atoms with Crippen molar-refractivity contribution in [1.29, 1.82) is 0 Å². The quantitative estimate of drug-likeness (QED) is 0.214. The molecule has 0 saturated heterocycles. The van der Waals surface area contributed by atoms with E-state index in [2.05, 4.69) is 16.0 Å². The lowest BCUT2D eigenvalue weighted by Crippen LogP contribution is -2.22. The van der Waals surface area contributed by atoms with E-state index in [4.69, 9.17) is 4.74 Å². The predicted molar refractivity (Wildman–Crippen MR) is 145 cm³/mol. The Hall–Kier alpha value is -4.79. The molecule has 200 valence electrons. The standard InChI is InChI=1S/C30H26F3N3O3/c31-30(32,33)23-9-5-11-26(19-23)36-29(38)22-8-4-10-25(18-22)35-28(37)20-34-24-12-14-27(15-13-24)39-17-16-21-6-2-1-3-7-21/h1-15,18-19,34H,16-17,20H2,(H,35,37)(H,36,38). The van der Waals surface area contributed by atoms with Crippen LogP contribution in [0.5, 0.6) is 5.75 Å². The van der Waals surface area contributed by atoms with E-state index < -0.39 is 17.6 Å². The SMILES string of the molecule is O=C(CNc1ccc(OCCc2ccccc2)cc1)Nc1cccc(C(=O)Nc2cccc(C(F)(F)F)c2)c1. The van der Waals surface area contributed by atoms with E-state index in [1.807, 2.05) is 54.6 Å². The molecule has 39 heavy (non-hydrogen) atoms. The normalized spacial score (nSPS) is 10.9. The maximum atomic E-state index is 12.9. The van der Waals surface area contributed by atoms with Crippen molar-refractivity contribution in [2.75, 3.05) is 29.1 Å². The lowest BCUT2D eigenvalue weighted by atomic mass is 10.1. The summed E-state index contributed by atoms with van der Waals surface area (Å²) in [5, 5.41) is 8.17. The topological polar surface area (TPSA) is 79.5 Å². The van der Waals surface area contributed by atoms with Crippen LogP contribution >= 0.6 is 0 Å². The zero-order chi connectivity index (χ0) is 27.7. The average Bonchev–Trinajstić information content (AvgIpc) is 2.93. The fraction of sp³-hybridized carbons (Fsp3) is 0.133. The van der Waals surface area contributed by atoms with E-state index >= 15 is 0 Å². The van der Waals surface area contributed by atoms with Gasteiger partial charge in [-0.1, -0.05) is 42.5 Å². The number of carbonyl (C=O) groups excluding carboxylic acids is 2. The summed E-state index contributed by atoms with van der Waals surface area (Å²) in [6, 6.07) is 27.8. The van der Waals surface area contributed by atoms with Crippen molar-refractivity contribution in [3.8, 4) is 5.75 Å². The van der Waals surface area contributed by atoms with Crippen molar-refractivity contribution in [1.82, 2.24) is 0 Å². The van der Waals surface area contributed by atoms with E-state index in [1.165, 1.54) is 29.8 Å². The van der Waals surface area contributed by atoms with Crippen molar-refractivity contribution in [2.24, 2.45) is 0 Å². The predicted octanol–water partition coefficient (Wildman–Crippen LogP) is 6.63. The molecule has 0 atom stereocenters. The highest BCUT2D eigenvalue weighted by Gasteiger charge is 2.30. The molecular weight excluding hydrogens is 507 g/mol. The van der Waals surface area contributed by atoms with Crippen molar-refractivity contribution >= 4 is 28.9 Å². The van der Waals surface area contributed by atoms with Crippen LogP contribution in [0.1, 0.15) is 21.5 Å². The molecule has 4 aromatic carbocycles. The molecule has 0 radical (unpaired) electrons. The summed E-state index contributed by atoms with van der Waals surface area (Å²) < 4.78 is 44.5. The van der Waals surface area contributed by atoms with Crippen molar-refractivity contribution in [2.45, 2.75) is 12.6 Å². The van der Waals surface area contributed by atoms with Crippen LogP contribution in [-0.4, -0.2) is 25.0 Å². The summed E-state index contributed by atoms with van der Waals surface area (Å²) in [6.07, 6.45) is -3.72. The van der Waals surface area contributed by atoms with Crippen molar-refractivity contribution in [3.63, 3.8) is 0 Å². The molecular formula is C30H26F3N3O3. The van der Waals surface area contributed by atoms with E-state index in [-0.39, 0.29) is 23.7 Å². The Morgan fingerprint density at radius 3 is 2.13 bits per heavy atom. The Morgan fingerprint density at radius 1 is 0.718 bits per heavy atom. The third-order valence-corrected chi connectivity index (χ3v) is 5.67. The van der Waals surface area contributed by atoms with Gasteiger partial charge in [0.1, 0.15) is 5.75 Å². The van der Waals surface area contributed by atoms with Gasteiger partial charge in [0.25, 0.3) is 5.91 Å². The van der Waals surface area contributed by atoms with E-state index in [0.717, 1.165) is 30.0 Å². The van der Waals surface area contributed by atoms with Crippen molar-refractivity contribution in [3.05, 3.63) is 120 Å². The molecule has 0 heterocycles. The number of ether oxygens (including phenoxy) is 1. The fourth-order valence-electron chi connectivity index (χ4n) is 3.70. The molecule has 2 amide bonds. The molecule has 0 saturated carbocycles. The van der Waals surface area contributed by atoms with Crippen LogP contribution in [0.2, 0.25) is 0 Å². The van der Waals surface area contributed by atoms with Crippen LogP contribution in [0, 0.1) is 0 Å². The molecule has 0 fully saturated rings. The van der Waals surface area contributed by atoms with Crippen LogP contribution in [0.4, 0.5) is 30.2 Å². The molecule has 0 aromatic heterocycles. The maximum Gasteiger partial charge on any atom is 0.416 e. The first-order valence-corrected chi connectivity index (χ1v) is 12.2. The third kappa shape index (κ3) is 8.36. The number of amides is 2. The fourth-order valence-corrected chi connectivity index (χ4v) is 3.70. The highest BCUT2D eigenvalue weighted by molar-refractivity contribution is 6.05. The summed E-state index contributed by atoms with van der Waals surface area (Å²) in [4.78, 5) is 25.0. The summed E-state index contributed by atoms with van der Waals surface area (Å²) >= 11 is 0. The van der Waals surface area contributed by atoms with Gasteiger partial charge in [-0.3, -0.25) is 9.59 Å². The van der Waals surface area contributed by atoms with Crippen LogP contribution in [-0.2, 0) is 17.4 Å². The molecule has 3 N–H and O–H groups in total. The van der Waals surface area contributed by atoms with Gasteiger partial charge in [0.15, 0.2) is 0 Å². The lowest BCUT2D eigenvalue weighted by Gasteiger charge is -2.11. The second-order valence-corrected chi connectivity index (χ2v) is 8.62. The number of hydrogen-bond donors (Lipinski definition) is 3. The molecule has 0 unspecified atom stereocenters. The largest absolute Gasteiger partial charge is 0.493 e. The summed E-state index contributed by atoms with van der Waals surface area (Å²) in [5.74, 6) is -0.218. The van der Waals surface area contributed by atoms with Gasteiger partial charge in [-0.2, -0.15) is 13.2 Å². The zero-order valence-corrected chi connectivity index (χ0v) is 20.8. The third-order valence-electron chi connectivity index (χ3n) is 5.67. The smallest absolute Gasteiger partial charge is 0.416 e. The molecule has 6 nitrogen and oxygen atoms in total. The van der Waals surface area contributed by atoms with Gasteiger partial charge in [-0.25, -0.2) is 0 Å². The minimum Gasteiger partial charge on any atom is -0.493 e. The van der Waals surface area contributed by atoms with Gasteiger partial charge in [0, 0.05) is 29.0 Å². The Bertz CT molecular complexity index is 1410. The number of anilines is 3. The number of benzene rings is 4. The van der Waals surface area contributed by atoms with Gasteiger partial charge in [-0.15, -0.1) is 0 Å².